The van der Waals surface area contributed by atoms with E-state index in [-0.39, 0.29) is 17.4 Å². The Morgan fingerprint density at radius 3 is 2.45 bits per heavy atom. The summed E-state index contributed by atoms with van der Waals surface area (Å²) in [6.45, 7) is 4.13. The minimum Gasteiger partial charge on any atom is -0.494 e. The van der Waals surface area contributed by atoms with E-state index < -0.39 is 15.9 Å². The Morgan fingerprint density at radius 2 is 1.73 bits per heavy atom. The summed E-state index contributed by atoms with van der Waals surface area (Å²) in [5.41, 5.74) is 2.50. The molecule has 10 nitrogen and oxygen atoms in total. The first-order chi connectivity index (χ1) is 19.3. The fourth-order valence-corrected chi connectivity index (χ4v) is 5.90. The fraction of sp³-hybridized carbons (Fsp3) is 0.310. The van der Waals surface area contributed by atoms with E-state index in [0.717, 1.165) is 11.3 Å². The van der Waals surface area contributed by atoms with Gasteiger partial charge in [0.1, 0.15) is 11.5 Å². The van der Waals surface area contributed by atoms with Crippen LogP contribution in [0.3, 0.4) is 0 Å². The summed E-state index contributed by atoms with van der Waals surface area (Å²) in [4.78, 5) is 27.4. The Balaban J connectivity index is 1.22. The molecule has 2 aliphatic heterocycles. The van der Waals surface area contributed by atoms with Crippen LogP contribution in [-0.4, -0.2) is 70.6 Å². The van der Waals surface area contributed by atoms with Crippen molar-refractivity contribution in [2.75, 3.05) is 56.3 Å². The van der Waals surface area contributed by atoms with Gasteiger partial charge in [0.2, 0.25) is 10.0 Å². The van der Waals surface area contributed by atoms with E-state index in [1.54, 1.807) is 23.1 Å². The zero-order valence-corrected chi connectivity index (χ0v) is 23.0. The molecule has 3 aromatic rings. The average Bonchev–Trinajstić information content (AvgIpc) is 2.97. The van der Waals surface area contributed by atoms with E-state index in [1.807, 2.05) is 31.2 Å². The molecule has 0 radical (unpaired) electrons. The maximum absolute atomic E-state index is 12.9. The van der Waals surface area contributed by atoms with Gasteiger partial charge in [-0.1, -0.05) is 17.7 Å². The van der Waals surface area contributed by atoms with E-state index >= 15 is 0 Å². The Kier molecular flexibility index (Phi) is 8.34. The predicted octanol–water partition coefficient (Wildman–Crippen LogP) is 3.46. The minimum absolute atomic E-state index is 0.0583. The number of hydrogen-bond acceptors (Lipinski definition) is 7. The average molecular weight is 566 g/mol. The molecule has 210 valence electrons. The van der Waals surface area contributed by atoms with Gasteiger partial charge in [-0.15, -0.1) is 0 Å². The number of nitrogens with zero attached hydrogens (tertiary/aromatic N) is 2. The van der Waals surface area contributed by atoms with Gasteiger partial charge < -0.3 is 24.4 Å². The van der Waals surface area contributed by atoms with E-state index in [4.69, 9.17) is 14.2 Å². The van der Waals surface area contributed by atoms with Crippen LogP contribution >= 0.6 is 0 Å². The highest BCUT2D eigenvalue weighted by Gasteiger charge is 2.27. The van der Waals surface area contributed by atoms with E-state index in [1.165, 1.54) is 28.6 Å². The van der Waals surface area contributed by atoms with Crippen molar-refractivity contribution in [3.63, 3.8) is 0 Å². The van der Waals surface area contributed by atoms with Gasteiger partial charge >= 0.3 is 0 Å². The summed E-state index contributed by atoms with van der Waals surface area (Å²) >= 11 is 0. The van der Waals surface area contributed by atoms with Crippen LogP contribution in [0.5, 0.6) is 11.5 Å². The third kappa shape index (κ3) is 6.27. The SMILES string of the molecule is Cc1ccc(OCCCN2C(=O)COc3ccc(NC(=O)c4ccc(S(=O)(=O)N5CCOCC5)cc4)cc32)cc1. The lowest BCUT2D eigenvalue weighted by atomic mass is 10.1. The summed E-state index contributed by atoms with van der Waals surface area (Å²) in [7, 11) is -3.65. The molecule has 1 fully saturated rings. The highest BCUT2D eigenvalue weighted by atomic mass is 32.2. The number of ether oxygens (including phenoxy) is 3. The van der Waals surface area contributed by atoms with Crippen molar-refractivity contribution >= 4 is 33.2 Å². The first kappa shape index (κ1) is 27.6. The quantitative estimate of drug-likeness (QED) is 0.395. The molecular weight excluding hydrogens is 534 g/mol. The third-order valence-electron chi connectivity index (χ3n) is 6.70. The second-order valence-corrected chi connectivity index (χ2v) is 11.5. The van der Waals surface area contributed by atoms with Gasteiger partial charge in [-0.05, 0) is 67.9 Å². The number of hydrogen-bond donors (Lipinski definition) is 1. The minimum atomic E-state index is -3.65. The number of fused-ring (bicyclic) bond motifs is 1. The summed E-state index contributed by atoms with van der Waals surface area (Å²) in [6, 6.07) is 18.7. The van der Waals surface area contributed by atoms with Crippen LogP contribution < -0.4 is 19.7 Å². The number of benzene rings is 3. The van der Waals surface area contributed by atoms with Gasteiger partial charge in [0.15, 0.2) is 6.61 Å². The second-order valence-electron chi connectivity index (χ2n) is 9.53. The molecule has 11 heteroatoms. The second kappa shape index (κ2) is 12.1. The Labute approximate surface area is 233 Å². The summed E-state index contributed by atoms with van der Waals surface area (Å²) in [5.74, 6) is 0.741. The molecule has 0 aromatic heterocycles. The van der Waals surface area contributed by atoms with Crippen LogP contribution in [0.15, 0.2) is 71.6 Å². The molecule has 2 aliphatic rings. The molecule has 0 bridgehead atoms. The Morgan fingerprint density at radius 1 is 1.00 bits per heavy atom. The number of carbonyl (C=O) groups excluding carboxylic acids is 2. The smallest absolute Gasteiger partial charge is 0.265 e. The summed E-state index contributed by atoms with van der Waals surface area (Å²) in [5, 5.41) is 2.83. The molecule has 1 saturated heterocycles. The molecule has 0 unspecified atom stereocenters. The van der Waals surface area contributed by atoms with Crippen LogP contribution in [0.25, 0.3) is 0 Å². The zero-order valence-electron chi connectivity index (χ0n) is 22.2. The van der Waals surface area contributed by atoms with Crippen molar-refractivity contribution in [1.29, 1.82) is 0 Å². The van der Waals surface area contributed by atoms with Crippen molar-refractivity contribution in [1.82, 2.24) is 4.31 Å². The first-order valence-electron chi connectivity index (χ1n) is 13.1. The van der Waals surface area contributed by atoms with Crippen LogP contribution in [0.4, 0.5) is 11.4 Å². The lowest BCUT2D eigenvalue weighted by Gasteiger charge is -2.30. The highest BCUT2D eigenvalue weighted by Crippen LogP contribution is 2.35. The lowest BCUT2D eigenvalue weighted by molar-refractivity contribution is -0.121. The number of carbonyl (C=O) groups is 2. The van der Waals surface area contributed by atoms with E-state index in [2.05, 4.69) is 5.32 Å². The van der Waals surface area contributed by atoms with E-state index in [9.17, 15) is 18.0 Å². The molecule has 5 rings (SSSR count). The standard InChI is InChI=1S/C29H31N3O7S/c1-21-3-8-24(9-4-21)38-16-2-13-32-26-19-23(7-12-27(26)39-20-28(32)33)30-29(34)22-5-10-25(11-6-22)40(35,36)31-14-17-37-18-15-31/h3-12,19H,2,13-18,20H2,1H3,(H,30,34). The Hall–Kier alpha value is -3.93. The topological polar surface area (TPSA) is 114 Å². The van der Waals surface area contributed by atoms with Gasteiger partial charge in [-0.2, -0.15) is 4.31 Å². The van der Waals surface area contributed by atoms with Crippen molar-refractivity contribution < 1.29 is 32.2 Å². The number of anilines is 2. The van der Waals surface area contributed by atoms with Gasteiger partial charge in [0.05, 0.1) is 30.4 Å². The van der Waals surface area contributed by atoms with Crippen molar-refractivity contribution in [2.24, 2.45) is 0 Å². The molecule has 0 atom stereocenters. The Bertz CT molecular complexity index is 1470. The number of rotatable bonds is 9. The highest BCUT2D eigenvalue weighted by molar-refractivity contribution is 7.89. The molecule has 2 heterocycles. The lowest BCUT2D eigenvalue weighted by Crippen LogP contribution is -2.40. The number of amides is 2. The van der Waals surface area contributed by atoms with Gasteiger partial charge in [0, 0.05) is 30.9 Å². The zero-order chi connectivity index (χ0) is 28.1. The fourth-order valence-electron chi connectivity index (χ4n) is 4.49. The van der Waals surface area contributed by atoms with Gasteiger partial charge in [-0.3, -0.25) is 9.59 Å². The van der Waals surface area contributed by atoms with Crippen LogP contribution in [0, 0.1) is 6.92 Å². The molecule has 0 aliphatic carbocycles. The maximum atomic E-state index is 12.9. The summed E-state index contributed by atoms with van der Waals surface area (Å²) < 4.78 is 43.7. The molecule has 1 N–H and O–H groups in total. The maximum Gasteiger partial charge on any atom is 0.265 e. The molecule has 3 aromatic carbocycles. The third-order valence-corrected chi connectivity index (χ3v) is 8.61. The normalized spacial score (nSPS) is 15.7. The monoisotopic (exact) mass is 565 g/mol. The van der Waals surface area contributed by atoms with Crippen molar-refractivity contribution in [2.45, 2.75) is 18.2 Å². The molecule has 2 amide bonds. The van der Waals surface area contributed by atoms with Crippen molar-refractivity contribution in [3.05, 3.63) is 77.9 Å². The largest absolute Gasteiger partial charge is 0.494 e. The predicted molar refractivity (Wildman–Crippen MR) is 150 cm³/mol. The molecule has 0 saturated carbocycles. The van der Waals surface area contributed by atoms with Crippen LogP contribution in [0.2, 0.25) is 0 Å². The van der Waals surface area contributed by atoms with Crippen LogP contribution in [0.1, 0.15) is 22.3 Å². The molecular formula is C29H31N3O7S. The number of morpholine rings is 1. The van der Waals surface area contributed by atoms with Gasteiger partial charge in [-0.25, -0.2) is 8.42 Å². The number of aryl methyl sites for hydroxylation is 1. The molecule has 0 spiro atoms. The van der Waals surface area contributed by atoms with Crippen LogP contribution in [-0.2, 0) is 19.6 Å². The van der Waals surface area contributed by atoms with Gasteiger partial charge in [0.25, 0.3) is 11.8 Å². The van der Waals surface area contributed by atoms with E-state index in [0.29, 0.717) is 68.6 Å². The number of nitrogens with one attached hydrogen (secondary N) is 1. The molecule has 40 heavy (non-hydrogen) atoms. The van der Waals surface area contributed by atoms with Crippen molar-refractivity contribution in [3.8, 4) is 11.5 Å². The first-order valence-corrected chi connectivity index (χ1v) is 14.5. The summed E-state index contributed by atoms with van der Waals surface area (Å²) in [6.07, 6.45) is 0.607. The number of sulfonamides is 1.